The van der Waals surface area contributed by atoms with Crippen LogP contribution < -0.4 is 5.32 Å². The molecule has 0 aromatic heterocycles. The van der Waals surface area contributed by atoms with Crippen LogP contribution >= 0.6 is 7.82 Å². The molecule has 0 bridgehead atoms. The molecule has 0 rings (SSSR count). The monoisotopic (exact) mass is 1130 g/mol. The zero-order valence-electron chi connectivity index (χ0n) is 52.5. The van der Waals surface area contributed by atoms with Gasteiger partial charge in [0.1, 0.15) is 13.2 Å². The first kappa shape index (κ1) is 76.9. The molecule has 0 heterocycles. The van der Waals surface area contributed by atoms with Crippen molar-refractivity contribution in [2.75, 3.05) is 40.9 Å². The average molecular weight is 1130 g/mol. The lowest BCUT2D eigenvalue weighted by molar-refractivity contribution is -0.870. The summed E-state index contributed by atoms with van der Waals surface area (Å²) in [7, 11) is 1.55. The lowest BCUT2D eigenvalue weighted by Crippen LogP contribution is -2.45. The summed E-state index contributed by atoms with van der Waals surface area (Å²) in [5, 5.41) is 14.0. The molecule has 80 heavy (non-hydrogen) atoms. The van der Waals surface area contributed by atoms with Gasteiger partial charge in [0.05, 0.1) is 39.9 Å². The van der Waals surface area contributed by atoms with E-state index in [4.69, 9.17) is 9.05 Å². The van der Waals surface area contributed by atoms with Gasteiger partial charge in [-0.3, -0.25) is 13.8 Å². The van der Waals surface area contributed by atoms with E-state index in [9.17, 15) is 19.4 Å². The molecular formula is C71H126N2O6P+. The largest absolute Gasteiger partial charge is 0.472 e. The number of hydrogen-bond acceptors (Lipinski definition) is 5. The van der Waals surface area contributed by atoms with Crippen LogP contribution in [0.5, 0.6) is 0 Å². The summed E-state index contributed by atoms with van der Waals surface area (Å²) in [4.78, 5) is 23.4. The number of likely N-dealkylation sites (N-methyl/N-ethyl adjacent to an activating group) is 1. The van der Waals surface area contributed by atoms with Crippen LogP contribution in [0.1, 0.15) is 271 Å². The van der Waals surface area contributed by atoms with Crippen molar-refractivity contribution >= 4 is 13.7 Å². The third kappa shape index (κ3) is 62.5. The molecule has 0 aromatic rings. The Hall–Kier alpha value is -3.10. The maximum Gasteiger partial charge on any atom is 0.472 e. The highest BCUT2D eigenvalue weighted by molar-refractivity contribution is 7.47. The molecule has 8 nitrogen and oxygen atoms in total. The summed E-state index contributed by atoms with van der Waals surface area (Å²) in [5.74, 6) is -0.198. The van der Waals surface area contributed by atoms with Crippen LogP contribution in [-0.2, 0) is 18.4 Å². The summed E-state index contributed by atoms with van der Waals surface area (Å²) in [6.45, 7) is 4.70. The molecule has 460 valence electrons. The zero-order valence-corrected chi connectivity index (χ0v) is 53.4. The van der Waals surface area contributed by atoms with Gasteiger partial charge in [-0.15, -0.1) is 0 Å². The number of rotatable bonds is 59. The van der Waals surface area contributed by atoms with Gasteiger partial charge in [0.2, 0.25) is 5.91 Å². The topological polar surface area (TPSA) is 105 Å². The molecule has 0 saturated heterocycles. The van der Waals surface area contributed by atoms with Gasteiger partial charge in [-0.05, 0) is 89.9 Å². The minimum Gasteiger partial charge on any atom is -0.387 e. The second kappa shape index (κ2) is 60.5. The average Bonchev–Trinajstić information content (AvgIpc) is 3.42. The van der Waals surface area contributed by atoms with E-state index in [0.717, 1.165) is 116 Å². The summed E-state index contributed by atoms with van der Waals surface area (Å²) < 4.78 is 23.8. The van der Waals surface area contributed by atoms with E-state index in [1.165, 1.54) is 135 Å². The molecule has 0 spiro atoms. The second-order valence-corrected chi connectivity index (χ2v) is 24.6. The lowest BCUT2D eigenvalue weighted by Gasteiger charge is -2.25. The quantitative estimate of drug-likeness (QED) is 0.0243. The number of unbranched alkanes of at least 4 members (excludes halogenated alkanes) is 28. The van der Waals surface area contributed by atoms with E-state index in [1.807, 2.05) is 27.2 Å². The summed E-state index contributed by atoms with van der Waals surface area (Å²) in [6, 6.07) is -0.868. The molecule has 0 fully saturated rings. The number of allylic oxidation sites excluding steroid dienone is 19. The zero-order chi connectivity index (χ0) is 58.4. The lowest BCUT2D eigenvalue weighted by atomic mass is 10.0. The third-order valence-electron chi connectivity index (χ3n) is 14.2. The van der Waals surface area contributed by atoms with E-state index in [2.05, 4.69) is 129 Å². The molecule has 9 heteroatoms. The Balaban J connectivity index is 4.23. The Morgan fingerprint density at radius 2 is 0.750 bits per heavy atom. The van der Waals surface area contributed by atoms with Crippen LogP contribution in [0.2, 0.25) is 0 Å². The maximum absolute atomic E-state index is 13.0. The number of phosphoric ester groups is 1. The number of carbonyl (C=O) groups is 1. The van der Waals surface area contributed by atoms with E-state index in [0.29, 0.717) is 17.4 Å². The van der Waals surface area contributed by atoms with Gasteiger partial charge in [-0.25, -0.2) is 4.57 Å². The first-order valence-corrected chi connectivity index (χ1v) is 34.4. The number of carbonyl (C=O) groups excluding carboxylic acids is 1. The van der Waals surface area contributed by atoms with Crippen molar-refractivity contribution in [3.8, 4) is 0 Å². The van der Waals surface area contributed by atoms with Gasteiger partial charge in [0.15, 0.2) is 0 Å². The minimum atomic E-state index is -4.37. The number of aliphatic hydroxyl groups excluding tert-OH is 1. The molecule has 0 aliphatic carbocycles. The highest BCUT2D eigenvalue weighted by atomic mass is 31.2. The van der Waals surface area contributed by atoms with Crippen molar-refractivity contribution in [3.63, 3.8) is 0 Å². The number of aliphatic hydroxyl groups is 1. The summed E-state index contributed by atoms with van der Waals surface area (Å²) in [6.07, 6.45) is 90.3. The summed E-state index contributed by atoms with van der Waals surface area (Å²) in [5.41, 5.74) is 0. The molecule has 0 saturated carbocycles. The van der Waals surface area contributed by atoms with E-state index >= 15 is 0 Å². The molecule has 0 aliphatic heterocycles. The van der Waals surface area contributed by atoms with Crippen LogP contribution in [0.25, 0.3) is 0 Å². The number of amides is 1. The van der Waals surface area contributed by atoms with E-state index in [-0.39, 0.29) is 19.1 Å². The molecular weight excluding hydrogens is 1010 g/mol. The predicted molar refractivity (Wildman–Crippen MR) is 350 cm³/mol. The third-order valence-corrected chi connectivity index (χ3v) is 15.2. The van der Waals surface area contributed by atoms with Crippen molar-refractivity contribution in [3.05, 3.63) is 122 Å². The highest BCUT2D eigenvalue weighted by Gasteiger charge is 2.27. The maximum atomic E-state index is 13.0. The smallest absolute Gasteiger partial charge is 0.387 e. The molecule has 0 radical (unpaired) electrons. The Bertz CT molecular complexity index is 1720. The van der Waals surface area contributed by atoms with Gasteiger partial charge >= 0.3 is 7.82 Å². The molecule has 3 unspecified atom stereocenters. The molecule has 3 atom stereocenters. The predicted octanol–water partition coefficient (Wildman–Crippen LogP) is 20.9. The van der Waals surface area contributed by atoms with E-state index in [1.54, 1.807) is 6.08 Å². The fourth-order valence-corrected chi connectivity index (χ4v) is 9.83. The van der Waals surface area contributed by atoms with Gasteiger partial charge in [-0.2, -0.15) is 0 Å². The van der Waals surface area contributed by atoms with E-state index < -0.39 is 20.0 Å². The number of phosphoric acid groups is 1. The number of nitrogens with zero attached hydrogens (tertiary/aromatic N) is 1. The van der Waals surface area contributed by atoms with Gasteiger partial charge in [0, 0.05) is 6.42 Å². The molecule has 3 N–H and O–H groups in total. The first-order valence-electron chi connectivity index (χ1n) is 32.9. The number of quaternary nitrogens is 1. The van der Waals surface area contributed by atoms with Crippen molar-refractivity contribution in [2.45, 2.75) is 283 Å². The molecule has 1 amide bonds. The van der Waals surface area contributed by atoms with Crippen molar-refractivity contribution in [1.82, 2.24) is 5.32 Å². The minimum absolute atomic E-state index is 0.0513. The fourth-order valence-electron chi connectivity index (χ4n) is 9.09. The van der Waals surface area contributed by atoms with Crippen LogP contribution in [0, 0.1) is 0 Å². The van der Waals surface area contributed by atoms with Crippen LogP contribution in [0.3, 0.4) is 0 Å². The highest BCUT2D eigenvalue weighted by Crippen LogP contribution is 2.43. The SMILES string of the molecule is CC/C=C\C/C=C\C/C=C\C/C=C\C/C=C\C/C=C\C/C=C\C/C=C\C/C=C\CCCCCCCC(=O)NC(COP(=O)(O)OCC[N+](C)(C)C)C(O)/C=C/CCCCCCCCCCCCCCCCCCCCCCCCC. The van der Waals surface area contributed by atoms with Crippen molar-refractivity contribution in [2.24, 2.45) is 0 Å². The summed E-state index contributed by atoms with van der Waals surface area (Å²) >= 11 is 0. The van der Waals surface area contributed by atoms with Gasteiger partial charge in [0.25, 0.3) is 0 Å². The molecule has 0 aliphatic rings. The van der Waals surface area contributed by atoms with Crippen LogP contribution in [0.4, 0.5) is 0 Å². The van der Waals surface area contributed by atoms with Crippen LogP contribution in [-0.4, -0.2) is 73.4 Å². The fraction of sp³-hybridized carbons (Fsp3) is 0.704. The van der Waals surface area contributed by atoms with Crippen LogP contribution in [0.15, 0.2) is 122 Å². The van der Waals surface area contributed by atoms with Gasteiger partial charge in [-0.1, -0.05) is 296 Å². The second-order valence-electron chi connectivity index (χ2n) is 23.1. The standard InChI is InChI=1S/C71H125N2O6P/c1-6-8-10-12-14-16-18-20-22-24-26-28-30-32-33-34-35-36-37-38-39-41-43-45-47-49-51-53-55-57-59-61-63-65-71(75)72-69(68-79-80(76,77)78-67-66-73(3,4)5)70(74)64-62-60-58-56-54-52-50-48-46-44-42-40-31-29-27-25-23-21-19-17-15-13-11-9-7-2/h8,10,14,16,20,22,26,28,32-33,35-36,38-39,43,45,49,51,62,64,69-70,74H,6-7,9,11-13,15,17-19,21,23-25,27,29-31,34,37,40-42,44,46-48,50,52-61,63,65-68H2,1-5H3,(H-,72,75,76,77)/p+1/b10-8-,16-14-,22-20-,28-26-,33-32-,36-35-,39-38-,45-43-,51-49-,64-62+. The van der Waals surface area contributed by atoms with Crippen molar-refractivity contribution < 1.29 is 32.9 Å². The Morgan fingerprint density at radius 1 is 0.438 bits per heavy atom. The normalized spacial score (nSPS) is 14.5. The Morgan fingerprint density at radius 3 is 1.10 bits per heavy atom. The first-order chi connectivity index (χ1) is 39.0. The number of hydrogen-bond donors (Lipinski definition) is 3. The number of nitrogens with one attached hydrogen (secondary N) is 1. The van der Waals surface area contributed by atoms with Crippen molar-refractivity contribution in [1.29, 1.82) is 0 Å². The Labute approximate surface area is 494 Å². The molecule has 0 aromatic carbocycles. The Kier molecular flexibility index (Phi) is 58.1. The van der Waals surface area contributed by atoms with Gasteiger partial charge < -0.3 is 19.8 Å².